The number of ether oxygens (including phenoxy) is 1. The van der Waals surface area contributed by atoms with Gasteiger partial charge < -0.3 is 10.1 Å². The first-order valence-electron chi connectivity index (χ1n) is 9.67. The van der Waals surface area contributed by atoms with Gasteiger partial charge in [0.05, 0.1) is 6.10 Å². The third-order valence-electron chi connectivity index (χ3n) is 7.42. The fourth-order valence-corrected chi connectivity index (χ4v) is 6.01. The van der Waals surface area contributed by atoms with Gasteiger partial charge >= 0.3 is 0 Å². The third kappa shape index (κ3) is 2.47. The smallest absolute Gasteiger partial charge is 0.0672 e. The fourth-order valence-electron chi connectivity index (χ4n) is 6.01. The summed E-state index contributed by atoms with van der Waals surface area (Å²) in [6.45, 7) is 2.29. The molecule has 5 unspecified atom stereocenters. The summed E-state index contributed by atoms with van der Waals surface area (Å²) in [7, 11) is 0. The maximum atomic E-state index is 6.30. The van der Waals surface area contributed by atoms with E-state index < -0.39 is 0 Å². The molecule has 0 aromatic rings. The van der Waals surface area contributed by atoms with E-state index in [9.17, 15) is 0 Å². The van der Waals surface area contributed by atoms with Crippen molar-refractivity contribution < 1.29 is 4.74 Å². The van der Waals surface area contributed by atoms with Gasteiger partial charge in [-0.15, -0.1) is 0 Å². The Morgan fingerprint density at radius 2 is 1.81 bits per heavy atom. The van der Waals surface area contributed by atoms with Crippen molar-refractivity contribution >= 4 is 0 Å². The maximum Gasteiger partial charge on any atom is 0.0672 e. The van der Waals surface area contributed by atoms with E-state index in [0.29, 0.717) is 11.5 Å². The molecule has 4 saturated carbocycles. The summed E-state index contributed by atoms with van der Waals surface area (Å²) in [5.41, 5.74) is 0.499. The highest BCUT2D eigenvalue weighted by Gasteiger charge is 2.53. The van der Waals surface area contributed by atoms with Gasteiger partial charge in [0.25, 0.3) is 0 Å². The van der Waals surface area contributed by atoms with Crippen molar-refractivity contribution in [1.82, 2.24) is 5.32 Å². The molecule has 1 heterocycles. The van der Waals surface area contributed by atoms with Gasteiger partial charge in [-0.25, -0.2) is 0 Å². The molecule has 4 aliphatic carbocycles. The van der Waals surface area contributed by atoms with Crippen molar-refractivity contribution in [2.45, 2.75) is 76.4 Å². The van der Waals surface area contributed by atoms with Crippen molar-refractivity contribution in [1.29, 1.82) is 0 Å². The molecule has 1 saturated heterocycles. The Morgan fingerprint density at radius 1 is 0.952 bits per heavy atom. The van der Waals surface area contributed by atoms with Gasteiger partial charge in [-0.1, -0.05) is 6.42 Å². The number of fused-ring (bicyclic) bond motifs is 2. The Hall–Kier alpha value is -0.0800. The lowest BCUT2D eigenvalue weighted by Gasteiger charge is -2.39. The summed E-state index contributed by atoms with van der Waals surface area (Å²) in [6, 6.07) is 0.849. The van der Waals surface area contributed by atoms with Crippen molar-refractivity contribution in [3.63, 3.8) is 0 Å². The summed E-state index contributed by atoms with van der Waals surface area (Å²) in [6.07, 6.45) is 15.3. The predicted molar refractivity (Wildman–Crippen MR) is 84.1 cm³/mol. The van der Waals surface area contributed by atoms with Crippen LogP contribution in [-0.2, 0) is 4.74 Å². The Balaban J connectivity index is 1.33. The molecule has 0 aromatic heterocycles. The molecule has 0 aromatic carbocycles. The molecule has 118 valence electrons. The fraction of sp³-hybridized carbons (Fsp3) is 1.00. The molecular weight excluding hydrogens is 258 g/mol. The van der Waals surface area contributed by atoms with Gasteiger partial charge in [-0.2, -0.15) is 0 Å². The van der Waals surface area contributed by atoms with Gasteiger partial charge in [-0.3, -0.25) is 0 Å². The van der Waals surface area contributed by atoms with Crippen LogP contribution in [0.3, 0.4) is 0 Å². The van der Waals surface area contributed by atoms with Crippen LogP contribution in [0.15, 0.2) is 0 Å². The molecule has 5 rings (SSSR count). The largest absolute Gasteiger partial charge is 0.377 e. The maximum absolute atomic E-state index is 6.30. The van der Waals surface area contributed by atoms with E-state index in [-0.39, 0.29) is 0 Å². The second-order valence-corrected chi connectivity index (χ2v) is 9.04. The van der Waals surface area contributed by atoms with E-state index in [2.05, 4.69) is 5.32 Å². The molecule has 0 spiro atoms. The van der Waals surface area contributed by atoms with Crippen LogP contribution < -0.4 is 5.32 Å². The molecule has 5 atom stereocenters. The standard InChI is InChI=1S/C19H31NO/c1-2-15-9-13(1)10-16(15)11-19(12-20-17-5-6-17)7-8-21-18(19)14-3-4-14/h13-18,20H,1-12H2. The van der Waals surface area contributed by atoms with Crippen molar-refractivity contribution in [2.24, 2.45) is 29.1 Å². The van der Waals surface area contributed by atoms with E-state index in [1.54, 1.807) is 12.8 Å². The van der Waals surface area contributed by atoms with E-state index >= 15 is 0 Å². The molecule has 2 heteroatoms. The van der Waals surface area contributed by atoms with E-state index in [4.69, 9.17) is 4.74 Å². The topological polar surface area (TPSA) is 21.3 Å². The quantitative estimate of drug-likeness (QED) is 0.804. The lowest BCUT2D eigenvalue weighted by molar-refractivity contribution is 0.0136. The van der Waals surface area contributed by atoms with Crippen molar-refractivity contribution in [3.8, 4) is 0 Å². The Kier molecular flexibility index (Phi) is 3.16. The Labute approximate surface area is 129 Å². The number of nitrogens with one attached hydrogen (secondary N) is 1. The first-order chi connectivity index (χ1) is 10.3. The minimum Gasteiger partial charge on any atom is -0.377 e. The van der Waals surface area contributed by atoms with Crippen LogP contribution in [0.25, 0.3) is 0 Å². The van der Waals surface area contributed by atoms with Crippen LogP contribution in [-0.4, -0.2) is 25.3 Å². The molecule has 2 bridgehead atoms. The molecule has 2 nitrogen and oxygen atoms in total. The highest BCUT2D eigenvalue weighted by Crippen LogP contribution is 2.56. The first kappa shape index (κ1) is 13.4. The average Bonchev–Trinajstić information content (AvgIpc) is 3.40. The predicted octanol–water partition coefficient (Wildman–Crippen LogP) is 3.75. The van der Waals surface area contributed by atoms with Crippen molar-refractivity contribution in [2.75, 3.05) is 13.2 Å². The second kappa shape index (κ2) is 4.96. The summed E-state index contributed by atoms with van der Waals surface area (Å²) >= 11 is 0. The highest BCUT2D eigenvalue weighted by atomic mass is 16.5. The summed E-state index contributed by atoms with van der Waals surface area (Å²) in [5.74, 6) is 4.11. The number of rotatable bonds is 6. The van der Waals surface area contributed by atoms with Crippen LogP contribution in [0.5, 0.6) is 0 Å². The molecule has 5 aliphatic rings. The minimum absolute atomic E-state index is 0.499. The zero-order valence-corrected chi connectivity index (χ0v) is 13.4. The summed E-state index contributed by atoms with van der Waals surface area (Å²) in [4.78, 5) is 0. The summed E-state index contributed by atoms with van der Waals surface area (Å²) in [5, 5.41) is 3.89. The first-order valence-corrected chi connectivity index (χ1v) is 9.67. The zero-order chi connectivity index (χ0) is 13.9. The normalized spacial score (nSPS) is 49.1. The SMILES string of the molecule is C1CC(CNC2CC2)(CC2CC3CCC2C3)C(C2CC2)O1. The average molecular weight is 289 g/mol. The van der Waals surface area contributed by atoms with Crippen LogP contribution in [0, 0.1) is 29.1 Å². The van der Waals surface area contributed by atoms with Gasteiger partial charge in [0.2, 0.25) is 0 Å². The van der Waals surface area contributed by atoms with Crippen LogP contribution in [0.4, 0.5) is 0 Å². The lowest BCUT2D eigenvalue weighted by Crippen LogP contribution is -2.44. The monoisotopic (exact) mass is 289 g/mol. The Morgan fingerprint density at radius 3 is 2.48 bits per heavy atom. The molecule has 5 fully saturated rings. The van der Waals surface area contributed by atoms with Gasteiger partial charge in [-0.05, 0) is 81.5 Å². The minimum atomic E-state index is 0.499. The Bertz CT molecular complexity index is 402. The molecule has 1 aliphatic heterocycles. The van der Waals surface area contributed by atoms with Gasteiger partial charge in [0.15, 0.2) is 0 Å². The van der Waals surface area contributed by atoms with E-state index in [1.807, 2.05) is 0 Å². The summed E-state index contributed by atoms with van der Waals surface area (Å²) < 4.78 is 6.30. The van der Waals surface area contributed by atoms with E-state index in [1.165, 1.54) is 57.9 Å². The number of hydrogen-bond donors (Lipinski definition) is 1. The molecule has 1 N–H and O–H groups in total. The van der Waals surface area contributed by atoms with Crippen LogP contribution in [0.2, 0.25) is 0 Å². The third-order valence-corrected chi connectivity index (χ3v) is 7.42. The van der Waals surface area contributed by atoms with Crippen LogP contribution >= 0.6 is 0 Å². The second-order valence-electron chi connectivity index (χ2n) is 9.04. The molecule has 0 radical (unpaired) electrons. The highest BCUT2D eigenvalue weighted by molar-refractivity contribution is 5.04. The molecule has 21 heavy (non-hydrogen) atoms. The van der Waals surface area contributed by atoms with Crippen molar-refractivity contribution in [3.05, 3.63) is 0 Å². The van der Waals surface area contributed by atoms with E-state index in [0.717, 1.165) is 36.3 Å². The van der Waals surface area contributed by atoms with Gasteiger partial charge in [0.1, 0.15) is 0 Å². The number of hydrogen-bond acceptors (Lipinski definition) is 2. The molecular formula is C19H31NO. The lowest BCUT2D eigenvalue weighted by atomic mass is 9.69. The van der Waals surface area contributed by atoms with Crippen LogP contribution in [0.1, 0.15) is 64.2 Å². The van der Waals surface area contributed by atoms with Gasteiger partial charge in [0, 0.05) is 24.6 Å². The molecule has 0 amide bonds. The zero-order valence-electron chi connectivity index (χ0n) is 13.4.